The number of hydrazine groups is 1. The molecule has 0 bridgehead atoms. The number of hydrazone groups is 1. The zero-order chi connectivity index (χ0) is 15.1. The Bertz CT molecular complexity index is 550. The molecular formula is C11H13F4N5. The van der Waals surface area contributed by atoms with Crippen LogP contribution in [0.5, 0.6) is 0 Å². The van der Waals surface area contributed by atoms with Crippen molar-refractivity contribution in [2.45, 2.75) is 24.9 Å². The SMILES string of the molecule is N/N=C(\N(N)c1cc(N)c(F)cc1C1CC1)C(F)(F)F. The number of anilines is 2. The van der Waals surface area contributed by atoms with E-state index in [0.29, 0.717) is 10.6 Å². The van der Waals surface area contributed by atoms with Gasteiger partial charge < -0.3 is 11.6 Å². The zero-order valence-corrected chi connectivity index (χ0v) is 10.3. The highest BCUT2D eigenvalue weighted by Crippen LogP contribution is 2.45. The van der Waals surface area contributed by atoms with Gasteiger partial charge in [-0.25, -0.2) is 10.2 Å². The summed E-state index contributed by atoms with van der Waals surface area (Å²) in [6.07, 6.45) is -3.32. The molecular weight excluding hydrogens is 278 g/mol. The number of rotatable bonds is 2. The lowest BCUT2D eigenvalue weighted by Gasteiger charge is -2.24. The van der Waals surface area contributed by atoms with Crippen LogP contribution in [0, 0.1) is 5.82 Å². The van der Waals surface area contributed by atoms with E-state index in [4.69, 9.17) is 17.4 Å². The predicted octanol–water partition coefficient (Wildman–Crippen LogP) is 1.80. The van der Waals surface area contributed by atoms with Crippen LogP contribution in [0.15, 0.2) is 17.2 Å². The highest BCUT2D eigenvalue weighted by Gasteiger charge is 2.41. The van der Waals surface area contributed by atoms with Crippen LogP contribution in [0.4, 0.5) is 28.9 Å². The zero-order valence-electron chi connectivity index (χ0n) is 10.3. The summed E-state index contributed by atoms with van der Waals surface area (Å²) in [5.74, 6) is 7.99. The smallest absolute Gasteiger partial charge is 0.396 e. The van der Waals surface area contributed by atoms with Crippen molar-refractivity contribution in [3.8, 4) is 0 Å². The van der Waals surface area contributed by atoms with Crippen LogP contribution in [0.1, 0.15) is 24.3 Å². The highest BCUT2D eigenvalue weighted by molar-refractivity contribution is 6.01. The lowest BCUT2D eigenvalue weighted by Crippen LogP contribution is -2.47. The average Bonchev–Trinajstić information content (AvgIpc) is 3.15. The molecule has 0 heterocycles. The predicted molar refractivity (Wildman–Crippen MR) is 67.1 cm³/mol. The standard InChI is InChI=1S/C11H13F4N5/c12-7-3-6(5-1-2-5)9(4-8(7)16)20(18)10(19-17)11(13,14)15/h3-5H,1-2,16-18H2/b19-10-. The maximum absolute atomic E-state index is 13.5. The normalized spacial score (nSPS) is 16.4. The van der Waals surface area contributed by atoms with E-state index < -0.39 is 17.8 Å². The maximum atomic E-state index is 13.5. The second kappa shape index (κ2) is 4.82. The molecule has 1 aliphatic carbocycles. The number of nitrogens with two attached hydrogens (primary N) is 3. The molecule has 0 saturated heterocycles. The fraction of sp³-hybridized carbons (Fsp3) is 0.364. The third kappa shape index (κ3) is 2.62. The molecule has 110 valence electrons. The van der Waals surface area contributed by atoms with Gasteiger partial charge in [-0.05, 0) is 36.5 Å². The van der Waals surface area contributed by atoms with Crippen molar-refractivity contribution in [2.24, 2.45) is 16.8 Å². The third-order valence-corrected chi connectivity index (χ3v) is 3.03. The van der Waals surface area contributed by atoms with E-state index in [2.05, 4.69) is 5.10 Å². The molecule has 5 nitrogen and oxygen atoms in total. The van der Waals surface area contributed by atoms with Gasteiger partial charge in [0.15, 0.2) is 0 Å². The molecule has 1 aromatic rings. The minimum atomic E-state index is -4.83. The Kier molecular flexibility index (Phi) is 3.46. The van der Waals surface area contributed by atoms with Crippen LogP contribution in [0.25, 0.3) is 0 Å². The van der Waals surface area contributed by atoms with Gasteiger partial charge in [-0.15, -0.1) is 0 Å². The Hall–Kier alpha value is -2.03. The fourth-order valence-corrected chi connectivity index (χ4v) is 1.91. The molecule has 0 radical (unpaired) electrons. The van der Waals surface area contributed by atoms with Crippen LogP contribution in [0.2, 0.25) is 0 Å². The van der Waals surface area contributed by atoms with Crippen molar-refractivity contribution >= 4 is 17.2 Å². The van der Waals surface area contributed by atoms with Crippen molar-refractivity contribution in [2.75, 3.05) is 10.7 Å². The van der Waals surface area contributed by atoms with E-state index in [0.717, 1.165) is 25.0 Å². The first-order chi connectivity index (χ1) is 9.25. The molecule has 0 atom stereocenters. The summed E-state index contributed by atoms with van der Waals surface area (Å²) >= 11 is 0. The molecule has 20 heavy (non-hydrogen) atoms. The fourth-order valence-electron chi connectivity index (χ4n) is 1.91. The van der Waals surface area contributed by atoms with Gasteiger partial charge in [0.1, 0.15) is 5.82 Å². The van der Waals surface area contributed by atoms with Crippen molar-refractivity contribution < 1.29 is 17.6 Å². The lowest BCUT2D eigenvalue weighted by molar-refractivity contribution is -0.0604. The van der Waals surface area contributed by atoms with E-state index in [-0.39, 0.29) is 17.3 Å². The van der Waals surface area contributed by atoms with Gasteiger partial charge in [0.25, 0.3) is 0 Å². The van der Waals surface area contributed by atoms with Gasteiger partial charge in [-0.1, -0.05) is 0 Å². The van der Waals surface area contributed by atoms with E-state index in [1.807, 2.05) is 0 Å². The molecule has 1 saturated carbocycles. The quantitative estimate of drug-likeness (QED) is 0.193. The number of hydrogen-bond acceptors (Lipinski definition) is 4. The summed E-state index contributed by atoms with van der Waals surface area (Å²) in [5.41, 5.74) is 5.41. The number of amidine groups is 1. The largest absolute Gasteiger partial charge is 0.452 e. The van der Waals surface area contributed by atoms with Crippen LogP contribution >= 0.6 is 0 Å². The van der Waals surface area contributed by atoms with Gasteiger partial charge in [0, 0.05) is 0 Å². The molecule has 1 fully saturated rings. The first-order valence-electron chi connectivity index (χ1n) is 5.74. The van der Waals surface area contributed by atoms with E-state index in [1.165, 1.54) is 0 Å². The topological polar surface area (TPSA) is 93.7 Å². The highest BCUT2D eigenvalue weighted by atomic mass is 19.4. The second-order valence-corrected chi connectivity index (χ2v) is 4.53. The summed E-state index contributed by atoms with van der Waals surface area (Å²) in [6, 6.07) is 2.16. The molecule has 9 heteroatoms. The number of halogens is 4. The third-order valence-electron chi connectivity index (χ3n) is 3.03. The molecule has 0 aromatic heterocycles. The number of nitrogen functional groups attached to an aromatic ring is 1. The van der Waals surface area contributed by atoms with Gasteiger partial charge in [-0.3, -0.25) is 5.01 Å². The molecule has 2 rings (SSSR count). The molecule has 1 aliphatic rings. The minimum absolute atomic E-state index is 0.0293. The summed E-state index contributed by atoms with van der Waals surface area (Å²) in [7, 11) is 0. The van der Waals surface area contributed by atoms with Gasteiger partial charge in [-0.2, -0.15) is 18.3 Å². The Morgan fingerprint density at radius 2 is 1.90 bits per heavy atom. The number of hydrogen-bond donors (Lipinski definition) is 3. The summed E-state index contributed by atoms with van der Waals surface area (Å²) < 4.78 is 51.7. The molecule has 6 N–H and O–H groups in total. The second-order valence-electron chi connectivity index (χ2n) is 4.53. The van der Waals surface area contributed by atoms with Gasteiger partial charge in [0.2, 0.25) is 5.84 Å². The number of benzene rings is 1. The van der Waals surface area contributed by atoms with E-state index in [9.17, 15) is 17.6 Å². The average molecular weight is 291 g/mol. The molecule has 0 spiro atoms. The Morgan fingerprint density at radius 3 is 2.35 bits per heavy atom. The van der Waals surface area contributed by atoms with Crippen molar-refractivity contribution in [3.05, 3.63) is 23.5 Å². The minimum Gasteiger partial charge on any atom is -0.396 e. The maximum Gasteiger partial charge on any atom is 0.452 e. The lowest BCUT2D eigenvalue weighted by atomic mass is 10.1. The van der Waals surface area contributed by atoms with Crippen LogP contribution in [0.3, 0.4) is 0 Å². The van der Waals surface area contributed by atoms with Crippen LogP contribution in [-0.2, 0) is 0 Å². The van der Waals surface area contributed by atoms with Crippen LogP contribution in [-0.4, -0.2) is 12.0 Å². The van der Waals surface area contributed by atoms with Gasteiger partial charge >= 0.3 is 6.18 Å². The monoisotopic (exact) mass is 291 g/mol. The Morgan fingerprint density at radius 1 is 1.30 bits per heavy atom. The first-order valence-corrected chi connectivity index (χ1v) is 5.74. The Labute approximate surface area is 112 Å². The van der Waals surface area contributed by atoms with Crippen LogP contribution < -0.4 is 22.4 Å². The molecule has 1 aromatic carbocycles. The summed E-state index contributed by atoms with van der Waals surface area (Å²) in [5, 5.41) is 2.96. The van der Waals surface area contributed by atoms with Crippen molar-refractivity contribution in [1.29, 1.82) is 0 Å². The summed E-state index contributed by atoms with van der Waals surface area (Å²) in [4.78, 5) is 0. The van der Waals surface area contributed by atoms with Crippen molar-refractivity contribution in [1.82, 2.24) is 0 Å². The Balaban J connectivity index is 2.48. The number of nitrogens with zero attached hydrogens (tertiary/aromatic N) is 2. The van der Waals surface area contributed by atoms with E-state index in [1.54, 1.807) is 0 Å². The summed E-state index contributed by atoms with van der Waals surface area (Å²) in [6.45, 7) is 0. The van der Waals surface area contributed by atoms with Crippen molar-refractivity contribution in [3.63, 3.8) is 0 Å². The molecule has 0 amide bonds. The first kappa shape index (κ1) is 14.4. The van der Waals surface area contributed by atoms with E-state index >= 15 is 0 Å². The molecule has 0 unspecified atom stereocenters. The van der Waals surface area contributed by atoms with Gasteiger partial charge in [0.05, 0.1) is 11.4 Å². The molecule has 0 aliphatic heterocycles. The number of alkyl halides is 3.